The maximum absolute atomic E-state index is 12.5. The maximum atomic E-state index is 12.5. The van der Waals surface area contributed by atoms with Gasteiger partial charge >= 0.3 is 0 Å². The lowest BCUT2D eigenvalue weighted by Gasteiger charge is -2.24. The number of aromatic nitrogens is 4. The number of thioether (sulfide) groups is 1. The highest BCUT2D eigenvalue weighted by Gasteiger charge is 2.22. The van der Waals surface area contributed by atoms with Crippen molar-refractivity contribution < 1.29 is 4.79 Å². The molecular weight excluding hydrogens is 414 g/mol. The zero-order valence-corrected chi connectivity index (χ0v) is 19.3. The molecule has 8 heteroatoms. The van der Waals surface area contributed by atoms with Gasteiger partial charge in [-0.3, -0.25) is 4.79 Å². The van der Waals surface area contributed by atoms with Gasteiger partial charge in [-0.15, -0.1) is 21.5 Å². The quantitative estimate of drug-likeness (QED) is 0.507. The van der Waals surface area contributed by atoms with Crippen LogP contribution in [0.25, 0.3) is 11.3 Å². The first kappa shape index (κ1) is 21.1. The second-order valence-corrected chi connectivity index (χ2v) is 9.67. The van der Waals surface area contributed by atoms with Crippen LogP contribution in [0.1, 0.15) is 55.1 Å². The van der Waals surface area contributed by atoms with E-state index in [4.69, 9.17) is 0 Å². The van der Waals surface area contributed by atoms with Gasteiger partial charge in [0.1, 0.15) is 5.82 Å². The zero-order valence-electron chi connectivity index (χ0n) is 17.6. The monoisotopic (exact) mass is 441 g/mol. The minimum atomic E-state index is -0.0724. The Morgan fingerprint density at radius 1 is 1.17 bits per heavy atom. The normalized spacial score (nSPS) is 14.8. The van der Waals surface area contributed by atoms with Crippen LogP contribution < -0.4 is 5.32 Å². The van der Waals surface area contributed by atoms with Gasteiger partial charge in [-0.1, -0.05) is 43.2 Å². The number of aryl methyl sites for hydroxylation is 3. The molecule has 1 aromatic carbocycles. The fourth-order valence-electron chi connectivity index (χ4n) is 3.86. The number of nitrogens with one attached hydrogen (secondary N) is 1. The summed E-state index contributed by atoms with van der Waals surface area (Å²) >= 11 is 2.90. The predicted octanol–water partition coefficient (Wildman–Crippen LogP) is 5.56. The number of nitrogens with zero attached hydrogens (tertiary/aromatic N) is 4. The van der Waals surface area contributed by atoms with Crippen LogP contribution in [0.4, 0.5) is 5.13 Å². The average molecular weight is 442 g/mol. The summed E-state index contributed by atoms with van der Waals surface area (Å²) in [6.45, 7) is 6.19. The Balaban J connectivity index is 1.37. The molecule has 0 radical (unpaired) electrons. The van der Waals surface area contributed by atoms with Gasteiger partial charge in [-0.05, 0) is 50.8 Å². The molecule has 1 fully saturated rings. The van der Waals surface area contributed by atoms with Gasteiger partial charge in [0.15, 0.2) is 10.3 Å². The van der Waals surface area contributed by atoms with E-state index in [1.165, 1.54) is 66.3 Å². The molecule has 1 aliphatic rings. The first-order valence-corrected chi connectivity index (χ1v) is 12.2. The standard InChI is InChI=1S/C22H27N5OS2/c1-14-9-10-17(11-15(14)2)19-12-29-21(23-19)24-20(28)13-30-22-26-25-16(3)27(22)18-7-5-4-6-8-18/h9-12,18H,4-8,13H2,1-3H3,(H,23,24,28). The SMILES string of the molecule is Cc1ccc(-c2csc(NC(=O)CSc3nnc(C)n3C3CCCCC3)n2)cc1C. The lowest BCUT2D eigenvalue weighted by atomic mass is 9.95. The van der Waals surface area contributed by atoms with Gasteiger partial charge in [-0.25, -0.2) is 4.98 Å². The van der Waals surface area contributed by atoms with Gasteiger partial charge in [0.2, 0.25) is 5.91 Å². The Morgan fingerprint density at radius 3 is 2.73 bits per heavy atom. The van der Waals surface area contributed by atoms with Crippen molar-refractivity contribution in [2.24, 2.45) is 0 Å². The van der Waals surface area contributed by atoms with Gasteiger partial charge in [-0.2, -0.15) is 0 Å². The summed E-state index contributed by atoms with van der Waals surface area (Å²) in [6.07, 6.45) is 6.14. The second kappa shape index (κ2) is 9.31. The van der Waals surface area contributed by atoms with Crippen LogP contribution in [0.5, 0.6) is 0 Å². The number of carbonyl (C=O) groups excluding carboxylic acids is 1. The number of anilines is 1. The Bertz CT molecular complexity index is 1040. The molecule has 2 heterocycles. The number of hydrogen-bond acceptors (Lipinski definition) is 6. The molecule has 0 atom stereocenters. The van der Waals surface area contributed by atoms with Gasteiger partial charge in [0.05, 0.1) is 11.4 Å². The molecule has 0 unspecified atom stereocenters. The minimum Gasteiger partial charge on any atom is -0.303 e. The molecule has 3 aromatic rings. The van der Waals surface area contributed by atoms with Crippen LogP contribution in [-0.2, 0) is 4.79 Å². The van der Waals surface area contributed by atoms with Crippen molar-refractivity contribution in [3.8, 4) is 11.3 Å². The van der Waals surface area contributed by atoms with E-state index in [9.17, 15) is 4.79 Å². The van der Waals surface area contributed by atoms with Gasteiger partial charge in [0, 0.05) is 17.0 Å². The molecule has 1 N–H and O–H groups in total. The zero-order chi connectivity index (χ0) is 21.1. The Hall–Kier alpha value is -2.19. The molecule has 0 saturated heterocycles. The molecule has 0 bridgehead atoms. The molecular formula is C22H27N5OS2. The average Bonchev–Trinajstić information content (AvgIpc) is 3.35. The first-order valence-electron chi connectivity index (χ1n) is 10.4. The molecule has 0 spiro atoms. The van der Waals surface area contributed by atoms with E-state index in [0.717, 1.165) is 22.2 Å². The summed E-state index contributed by atoms with van der Waals surface area (Å²) in [5.41, 5.74) is 4.45. The van der Waals surface area contributed by atoms with Crippen molar-refractivity contribution in [1.82, 2.24) is 19.7 Å². The second-order valence-electron chi connectivity index (χ2n) is 7.87. The third kappa shape index (κ3) is 4.75. The lowest BCUT2D eigenvalue weighted by molar-refractivity contribution is -0.113. The van der Waals surface area contributed by atoms with E-state index in [1.807, 2.05) is 12.3 Å². The van der Waals surface area contributed by atoms with Crippen LogP contribution in [0.3, 0.4) is 0 Å². The van der Waals surface area contributed by atoms with Crippen LogP contribution in [0.15, 0.2) is 28.7 Å². The van der Waals surface area contributed by atoms with E-state index in [0.29, 0.717) is 16.9 Å². The number of amides is 1. The fourth-order valence-corrected chi connectivity index (χ4v) is 5.44. The Morgan fingerprint density at radius 2 is 1.97 bits per heavy atom. The smallest absolute Gasteiger partial charge is 0.236 e. The third-order valence-electron chi connectivity index (χ3n) is 5.66. The minimum absolute atomic E-state index is 0.0724. The van der Waals surface area contributed by atoms with Gasteiger partial charge < -0.3 is 9.88 Å². The summed E-state index contributed by atoms with van der Waals surface area (Å²) in [4.78, 5) is 17.1. The molecule has 158 valence electrons. The number of thiazole rings is 1. The Kier molecular flexibility index (Phi) is 6.53. The lowest BCUT2D eigenvalue weighted by Crippen LogP contribution is -2.17. The van der Waals surface area contributed by atoms with Crippen molar-refractivity contribution in [3.63, 3.8) is 0 Å². The number of carbonyl (C=O) groups is 1. The first-order chi connectivity index (χ1) is 14.5. The third-order valence-corrected chi connectivity index (χ3v) is 7.36. The summed E-state index contributed by atoms with van der Waals surface area (Å²) in [7, 11) is 0. The summed E-state index contributed by atoms with van der Waals surface area (Å²) in [5.74, 6) is 1.16. The largest absolute Gasteiger partial charge is 0.303 e. The highest BCUT2D eigenvalue weighted by molar-refractivity contribution is 7.99. The number of benzene rings is 1. The van der Waals surface area contributed by atoms with E-state index in [2.05, 4.69) is 57.1 Å². The van der Waals surface area contributed by atoms with Crippen molar-refractivity contribution in [2.45, 2.75) is 64.1 Å². The van der Waals surface area contributed by atoms with E-state index >= 15 is 0 Å². The van der Waals surface area contributed by atoms with Crippen LogP contribution in [0, 0.1) is 20.8 Å². The summed E-state index contributed by atoms with van der Waals surface area (Å²) < 4.78 is 2.22. The highest BCUT2D eigenvalue weighted by Crippen LogP contribution is 2.32. The predicted molar refractivity (Wildman–Crippen MR) is 123 cm³/mol. The van der Waals surface area contributed by atoms with E-state index < -0.39 is 0 Å². The van der Waals surface area contributed by atoms with Crippen LogP contribution >= 0.6 is 23.1 Å². The topological polar surface area (TPSA) is 72.7 Å². The molecule has 30 heavy (non-hydrogen) atoms. The highest BCUT2D eigenvalue weighted by atomic mass is 32.2. The Labute approximate surface area is 185 Å². The molecule has 2 aromatic heterocycles. The van der Waals surface area contributed by atoms with Crippen molar-refractivity contribution >= 4 is 34.1 Å². The number of hydrogen-bond donors (Lipinski definition) is 1. The van der Waals surface area contributed by atoms with E-state index in [1.54, 1.807) is 0 Å². The fraction of sp³-hybridized carbons (Fsp3) is 0.455. The van der Waals surface area contributed by atoms with Crippen LogP contribution in [-0.4, -0.2) is 31.4 Å². The molecule has 1 amide bonds. The molecule has 6 nitrogen and oxygen atoms in total. The molecule has 4 rings (SSSR count). The van der Waals surface area contributed by atoms with Crippen LogP contribution in [0.2, 0.25) is 0 Å². The number of rotatable bonds is 6. The van der Waals surface area contributed by atoms with Crippen molar-refractivity contribution in [1.29, 1.82) is 0 Å². The maximum Gasteiger partial charge on any atom is 0.236 e. The molecule has 1 aliphatic carbocycles. The summed E-state index contributed by atoms with van der Waals surface area (Å²) in [5, 5.41) is 14.9. The van der Waals surface area contributed by atoms with Crippen molar-refractivity contribution in [2.75, 3.05) is 11.1 Å². The van der Waals surface area contributed by atoms with Gasteiger partial charge in [0.25, 0.3) is 0 Å². The van der Waals surface area contributed by atoms with E-state index in [-0.39, 0.29) is 5.91 Å². The molecule has 0 aliphatic heterocycles. The van der Waals surface area contributed by atoms with Crippen molar-refractivity contribution in [3.05, 3.63) is 40.5 Å². The summed E-state index contributed by atoms with van der Waals surface area (Å²) in [6, 6.07) is 6.76. The molecule has 1 saturated carbocycles.